The second-order valence-corrected chi connectivity index (χ2v) is 6.91. The highest BCUT2D eigenvalue weighted by molar-refractivity contribution is 5.83. The number of carbonyl (C=O) groups excluding carboxylic acids is 2. The standard InChI is InChI=1S/C19H24O5/c1-11(17(20)12-6-4-3-5-7-12)24-19(22)16-14-9-8-13(10-14)15(16)18(21)23-2/h3-7,11,13-17,20H,8-10H2,1-2H3/t11?,13-,14+,15-,16+,17?/m0/s1. The molecule has 2 saturated carbocycles. The highest BCUT2D eigenvalue weighted by atomic mass is 16.6. The molecule has 5 nitrogen and oxygen atoms in total. The molecule has 2 fully saturated rings. The highest BCUT2D eigenvalue weighted by Gasteiger charge is 2.55. The zero-order chi connectivity index (χ0) is 17.3. The fourth-order valence-corrected chi connectivity index (χ4v) is 4.35. The third-order valence-corrected chi connectivity index (χ3v) is 5.55. The third-order valence-electron chi connectivity index (χ3n) is 5.55. The second-order valence-electron chi connectivity index (χ2n) is 6.91. The van der Waals surface area contributed by atoms with Gasteiger partial charge in [-0.1, -0.05) is 30.3 Å². The number of carbonyl (C=O) groups is 2. The normalized spacial score (nSPS) is 30.6. The molecule has 1 N–H and O–H groups in total. The van der Waals surface area contributed by atoms with Gasteiger partial charge in [0.15, 0.2) is 0 Å². The fraction of sp³-hybridized carbons (Fsp3) is 0.579. The average Bonchev–Trinajstić information content (AvgIpc) is 3.22. The number of aliphatic hydroxyl groups is 1. The summed E-state index contributed by atoms with van der Waals surface area (Å²) in [6.07, 6.45) is 1.25. The van der Waals surface area contributed by atoms with Crippen LogP contribution < -0.4 is 0 Å². The van der Waals surface area contributed by atoms with Gasteiger partial charge >= 0.3 is 11.9 Å². The number of aliphatic hydroxyl groups excluding tert-OH is 1. The predicted octanol–water partition coefficient (Wildman–Crippen LogP) is 2.49. The maximum absolute atomic E-state index is 12.7. The molecule has 2 bridgehead atoms. The molecule has 1 aromatic rings. The lowest BCUT2D eigenvalue weighted by molar-refractivity contribution is -0.168. The molecular weight excluding hydrogens is 308 g/mol. The van der Waals surface area contributed by atoms with Gasteiger partial charge in [0.25, 0.3) is 0 Å². The lowest BCUT2D eigenvalue weighted by Gasteiger charge is -2.29. The van der Waals surface area contributed by atoms with Crippen LogP contribution >= 0.6 is 0 Å². The van der Waals surface area contributed by atoms with Gasteiger partial charge in [-0.15, -0.1) is 0 Å². The molecule has 2 aliphatic carbocycles. The summed E-state index contributed by atoms with van der Waals surface area (Å²) < 4.78 is 10.4. The van der Waals surface area contributed by atoms with E-state index in [1.165, 1.54) is 7.11 Å². The topological polar surface area (TPSA) is 72.8 Å². The van der Waals surface area contributed by atoms with E-state index in [4.69, 9.17) is 9.47 Å². The first kappa shape index (κ1) is 17.0. The van der Waals surface area contributed by atoms with Crippen LogP contribution in [0.15, 0.2) is 30.3 Å². The molecule has 2 unspecified atom stereocenters. The minimum absolute atomic E-state index is 0.188. The smallest absolute Gasteiger partial charge is 0.310 e. The van der Waals surface area contributed by atoms with Crippen LogP contribution in [-0.2, 0) is 19.1 Å². The van der Waals surface area contributed by atoms with Gasteiger partial charge in [0, 0.05) is 0 Å². The lowest BCUT2D eigenvalue weighted by atomic mass is 9.79. The summed E-state index contributed by atoms with van der Waals surface area (Å²) in [4.78, 5) is 24.8. The Morgan fingerprint density at radius 1 is 1.08 bits per heavy atom. The summed E-state index contributed by atoms with van der Waals surface area (Å²) in [5.74, 6) is -1.15. The Bertz CT molecular complexity index is 599. The average molecular weight is 332 g/mol. The van der Waals surface area contributed by atoms with Crippen molar-refractivity contribution >= 4 is 11.9 Å². The first-order valence-corrected chi connectivity index (χ1v) is 8.54. The zero-order valence-electron chi connectivity index (χ0n) is 14.1. The number of hydrogen-bond donors (Lipinski definition) is 1. The lowest BCUT2D eigenvalue weighted by Crippen LogP contribution is -2.38. The number of ether oxygens (including phenoxy) is 2. The van der Waals surface area contributed by atoms with E-state index in [2.05, 4.69) is 0 Å². The van der Waals surface area contributed by atoms with Crippen LogP contribution in [0, 0.1) is 23.7 Å². The summed E-state index contributed by atoms with van der Waals surface area (Å²) in [6.45, 7) is 1.68. The summed E-state index contributed by atoms with van der Waals surface area (Å²) >= 11 is 0. The second kappa shape index (κ2) is 6.93. The summed E-state index contributed by atoms with van der Waals surface area (Å²) in [5, 5.41) is 10.4. The molecule has 1 aromatic carbocycles. The number of rotatable bonds is 5. The van der Waals surface area contributed by atoms with E-state index in [1.54, 1.807) is 19.1 Å². The maximum atomic E-state index is 12.7. The van der Waals surface area contributed by atoms with E-state index in [1.807, 2.05) is 18.2 Å². The molecule has 0 spiro atoms. The first-order valence-electron chi connectivity index (χ1n) is 8.54. The molecule has 24 heavy (non-hydrogen) atoms. The molecule has 0 amide bonds. The van der Waals surface area contributed by atoms with Gasteiger partial charge in [0.05, 0.1) is 18.9 Å². The van der Waals surface area contributed by atoms with Crippen molar-refractivity contribution < 1.29 is 24.2 Å². The Labute approximate surface area is 142 Å². The Hall–Kier alpha value is -1.88. The van der Waals surface area contributed by atoms with Crippen molar-refractivity contribution in [2.45, 2.75) is 38.4 Å². The van der Waals surface area contributed by atoms with Crippen molar-refractivity contribution in [2.75, 3.05) is 7.11 Å². The maximum Gasteiger partial charge on any atom is 0.310 e. The molecule has 5 heteroatoms. The van der Waals surface area contributed by atoms with Crippen molar-refractivity contribution in [1.29, 1.82) is 0 Å². The van der Waals surface area contributed by atoms with E-state index in [0.717, 1.165) is 19.3 Å². The van der Waals surface area contributed by atoms with Gasteiger partial charge in [-0.3, -0.25) is 9.59 Å². The molecule has 0 aliphatic heterocycles. The first-order chi connectivity index (χ1) is 11.5. The van der Waals surface area contributed by atoms with Crippen molar-refractivity contribution in [3.63, 3.8) is 0 Å². The molecule has 0 heterocycles. The van der Waals surface area contributed by atoms with Crippen LogP contribution in [-0.4, -0.2) is 30.3 Å². The van der Waals surface area contributed by atoms with Crippen LogP contribution in [0.1, 0.15) is 37.9 Å². The quantitative estimate of drug-likeness (QED) is 0.839. The number of fused-ring (bicyclic) bond motifs is 2. The van der Waals surface area contributed by atoms with E-state index in [-0.39, 0.29) is 23.8 Å². The van der Waals surface area contributed by atoms with E-state index in [9.17, 15) is 14.7 Å². The fourth-order valence-electron chi connectivity index (χ4n) is 4.35. The molecule has 0 aromatic heterocycles. The van der Waals surface area contributed by atoms with Crippen LogP contribution in [0.2, 0.25) is 0 Å². The van der Waals surface area contributed by atoms with Gasteiger partial charge in [-0.2, -0.15) is 0 Å². The molecule has 3 rings (SSSR count). The van der Waals surface area contributed by atoms with Gasteiger partial charge in [0.1, 0.15) is 12.2 Å². The Morgan fingerprint density at radius 3 is 2.25 bits per heavy atom. The number of benzene rings is 1. The molecule has 0 radical (unpaired) electrons. The number of methoxy groups -OCH3 is 1. The largest absolute Gasteiger partial charge is 0.469 e. The zero-order valence-corrected chi connectivity index (χ0v) is 14.1. The Morgan fingerprint density at radius 2 is 1.67 bits per heavy atom. The summed E-state index contributed by atoms with van der Waals surface area (Å²) in [7, 11) is 1.36. The van der Waals surface area contributed by atoms with Gasteiger partial charge in [-0.25, -0.2) is 0 Å². The SMILES string of the molecule is COC(=O)[C@H]1[C@H]2CC[C@H](C2)[C@H]1C(=O)OC(C)C(O)c1ccccc1. The van der Waals surface area contributed by atoms with Crippen molar-refractivity contribution in [3.8, 4) is 0 Å². The molecule has 0 saturated heterocycles. The van der Waals surface area contributed by atoms with E-state index in [0.29, 0.717) is 5.56 Å². The van der Waals surface area contributed by atoms with Gasteiger partial charge in [-0.05, 0) is 43.6 Å². The highest BCUT2D eigenvalue weighted by Crippen LogP contribution is 2.53. The van der Waals surface area contributed by atoms with Crippen molar-refractivity contribution in [3.05, 3.63) is 35.9 Å². The monoisotopic (exact) mass is 332 g/mol. The van der Waals surface area contributed by atoms with Crippen LogP contribution in [0.5, 0.6) is 0 Å². The molecule has 130 valence electrons. The Balaban J connectivity index is 1.68. The molecular formula is C19H24O5. The number of esters is 2. The Kier molecular flexibility index (Phi) is 4.90. The molecule has 6 atom stereocenters. The van der Waals surface area contributed by atoms with Crippen LogP contribution in [0.4, 0.5) is 0 Å². The van der Waals surface area contributed by atoms with Gasteiger partial charge in [0.2, 0.25) is 0 Å². The number of hydrogen-bond acceptors (Lipinski definition) is 5. The van der Waals surface area contributed by atoms with Crippen LogP contribution in [0.25, 0.3) is 0 Å². The van der Waals surface area contributed by atoms with Gasteiger partial charge < -0.3 is 14.6 Å². The van der Waals surface area contributed by atoms with E-state index < -0.39 is 24.0 Å². The van der Waals surface area contributed by atoms with E-state index >= 15 is 0 Å². The molecule has 2 aliphatic rings. The van der Waals surface area contributed by atoms with Crippen molar-refractivity contribution in [1.82, 2.24) is 0 Å². The minimum Gasteiger partial charge on any atom is -0.469 e. The summed E-state index contributed by atoms with van der Waals surface area (Å²) in [5.41, 5.74) is 0.704. The summed E-state index contributed by atoms with van der Waals surface area (Å²) in [6, 6.07) is 9.11. The van der Waals surface area contributed by atoms with Crippen molar-refractivity contribution in [2.24, 2.45) is 23.7 Å². The predicted molar refractivity (Wildman–Crippen MR) is 86.8 cm³/mol. The third kappa shape index (κ3) is 3.05. The minimum atomic E-state index is -0.884. The van der Waals surface area contributed by atoms with Crippen LogP contribution in [0.3, 0.4) is 0 Å².